The van der Waals surface area contributed by atoms with Gasteiger partial charge >= 0.3 is 0 Å². The van der Waals surface area contributed by atoms with E-state index in [1.165, 1.54) is 12.1 Å². The summed E-state index contributed by atoms with van der Waals surface area (Å²) in [5, 5.41) is 4.15. The highest BCUT2D eigenvalue weighted by Crippen LogP contribution is 2.29. The second kappa shape index (κ2) is 6.64. The molecule has 2 atom stereocenters. The molecule has 1 aromatic carbocycles. The van der Waals surface area contributed by atoms with E-state index in [4.69, 9.17) is 11.6 Å². The summed E-state index contributed by atoms with van der Waals surface area (Å²) in [4.78, 5) is 2.49. The van der Waals surface area contributed by atoms with Gasteiger partial charge in [0, 0.05) is 36.7 Å². The van der Waals surface area contributed by atoms with Crippen molar-refractivity contribution in [1.82, 2.24) is 10.2 Å². The third-order valence-corrected chi connectivity index (χ3v) is 4.73. The maximum Gasteiger partial charge on any atom is 0.124 e. The minimum Gasteiger partial charge on any atom is -0.311 e. The number of hydrogen-bond donors (Lipinski definition) is 1. The van der Waals surface area contributed by atoms with Gasteiger partial charge in [0.1, 0.15) is 5.82 Å². The van der Waals surface area contributed by atoms with Gasteiger partial charge in [-0.15, -0.1) is 0 Å². The third-order valence-electron chi connectivity index (χ3n) is 4.38. The quantitative estimate of drug-likeness (QED) is 0.905. The van der Waals surface area contributed by atoms with Crippen molar-refractivity contribution in [1.29, 1.82) is 0 Å². The molecule has 1 aliphatic heterocycles. The molecule has 1 fully saturated rings. The van der Waals surface area contributed by atoms with Crippen LogP contribution in [0.3, 0.4) is 0 Å². The molecule has 1 aromatic rings. The zero-order valence-electron chi connectivity index (χ0n) is 13.4. The summed E-state index contributed by atoms with van der Waals surface area (Å²) in [6.45, 7) is 11.8. The number of rotatable bonds is 3. The van der Waals surface area contributed by atoms with Gasteiger partial charge in [0.25, 0.3) is 0 Å². The van der Waals surface area contributed by atoms with Crippen molar-refractivity contribution < 1.29 is 4.39 Å². The molecule has 118 valence electrons. The highest BCUT2D eigenvalue weighted by molar-refractivity contribution is 6.31. The molecule has 2 nitrogen and oxygen atoms in total. The number of piperazine rings is 1. The van der Waals surface area contributed by atoms with Crippen LogP contribution in [-0.4, -0.2) is 30.1 Å². The van der Waals surface area contributed by atoms with Crippen molar-refractivity contribution in [2.45, 2.75) is 52.7 Å². The smallest absolute Gasteiger partial charge is 0.124 e. The van der Waals surface area contributed by atoms with E-state index in [1.807, 2.05) is 0 Å². The van der Waals surface area contributed by atoms with Crippen molar-refractivity contribution >= 4 is 11.6 Å². The monoisotopic (exact) mass is 312 g/mol. The second-order valence-corrected chi connectivity index (χ2v) is 7.47. The van der Waals surface area contributed by atoms with E-state index in [0.29, 0.717) is 17.1 Å². The molecule has 1 aliphatic rings. The lowest BCUT2D eigenvalue weighted by Crippen LogP contribution is -2.59. The van der Waals surface area contributed by atoms with Gasteiger partial charge in [0.2, 0.25) is 0 Å². The molecule has 4 heteroatoms. The minimum atomic E-state index is -0.275. The number of halogens is 2. The van der Waals surface area contributed by atoms with Crippen molar-refractivity contribution in [3.8, 4) is 0 Å². The van der Waals surface area contributed by atoms with Crippen molar-refractivity contribution in [2.24, 2.45) is 5.41 Å². The van der Waals surface area contributed by atoms with Crippen LogP contribution < -0.4 is 5.32 Å². The molecule has 1 N–H and O–H groups in total. The Morgan fingerprint density at radius 2 is 2.10 bits per heavy atom. The summed E-state index contributed by atoms with van der Waals surface area (Å²) in [7, 11) is 0. The lowest BCUT2D eigenvalue weighted by molar-refractivity contribution is 0.0485. The molecule has 0 amide bonds. The van der Waals surface area contributed by atoms with Gasteiger partial charge in [0.05, 0.1) is 0 Å². The van der Waals surface area contributed by atoms with Crippen LogP contribution in [0.2, 0.25) is 5.02 Å². The van der Waals surface area contributed by atoms with Crippen LogP contribution in [0.1, 0.15) is 39.7 Å². The Labute approximate surface area is 132 Å². The summed E-state index contributed by atoms with van der Waals surface area (Å²) >= 11 is 6.20. The molecule has 1 heterocycles. The Bertz CT molecular complexity index is 484. The highest BCUT2D eigenvalue weighted by Gasteiger charge is 2.35. The average Bonchev–Trinajstić information content (AvgIpc) is 2.40. The van der Waals surface area contributed by atoms with E-state index in [-0.39, 0.29) is 11.2 Å². The van der Waals surface area contributed by atoms with Crippen LogP contribution in [0, 0.1) is 11.2 Å². The largest absolute Gasteiger partial charge is 0.311 e. The summed E-state index contributed by atoms with van der Waals surface area (Å²) < 4.78 is 13.2. The third kappa shape index (κ3) is 4.18. The molecule has 0 aromatic heterocycles. The van der Waals surface area contributed by atoms with Gasteiger partial charge in [-0.3, -0.25) is 4.90 Å². The molecule has 2 rings (SSSR count). The zero-order valence-corrected chi connectivity index (χ0v) is 14.2. The summed E-state index contributed by atoms with van der Waals surface area (Å²) in [6.07, 6.45) is 1.12. The number of nitrogens with one attached hydrogen (secondary N) is 1. The first kappa shape index (κ1) is 16.7. The van der Waals surface area contributed by atoms with Crippen molar-refractivity contribution in [2.75, 3.05) is 13.1 Å². The average molecular weight is 313 g/mol. The van der Waals surface area contributed by atoms with Gasteiger partial charge in [0.15, 0.2) is 0 Å². The fourth-order valence-electron chi connectivity index (χ4n) is 3.05. The van der Waals surface area contributed by atoms with Crippen LogP contribution in [0.4, 0.5) is 4.39 Å². The first-order valence-electron chi connectivity index (χ1n) is 7.72. The topological polar surface area (TPSA) is 15.3 Å². The van der Waals surface area contributed by atoms with Gasteiger partial charge in [-0.1, -0.05) is 45.4 Å². The van der Waals surface area contributed by atoms with Gasteiger partial charge in [-0.25, -0.2) is 4.39 Å². The normalized spacial score (nSPS) is 24.3. The number of hydrogen-bond acceptors (Lipinski definition) is 2. The lowest BCUT2D eigenvalue weighted by atomic mass is 9.83. The molecule has 2 unspecified atom stereocenters. The van der Waals surface area contributed by atoms with E-state index >= 15 is 0 Å². The lowest BCUT2D eigenvalue weighted by Gasteiger charge is -2.46. The molecular formula is C17H26ClFN2. The van der Waals surface area contributed by atoms with E-state index in [2.05, 4.69) is 37.9 Å². The Morgan fingerprint density at radius 3 is 2.67 bits per heavy atom. The molecule has 0 bridgehead atoms. The Balaban J connectivity index is 2.19. The first-order chi connectivity index (χ1) is 9.81. The van der Waals surface area contributed by atoms with E-state index in [1.54, 1.807) is 6.07 Å². The highest BCUT2D eigenvalue weighted by atomic mass is 35.5. The Hall–Kier alpha value is -0.640. The van der Waals surface area contributed by atoms with Crippen LogP contribution >= 0.6 is 11.6 Å². The second-order valence-electron chi connectivity index (χ2n) is 7.06. The van der Waals surface area contributed by atoms with Gasteiger partial charge in [-0.2, -0.15) is 0 Å². The molecule has 21 heavy (non-hydrogen) atoms. The van der Waals surface area contributed by atoms with E-state index < -0.39 is 0 Å². The number of benzene rings is 1. The predicted molar refractivity (Wildman–Crippen MR) is 87.1 cm³/mol. The molecule has 1 saturated heterocycles. The van der Waals surface area contributed by atoms with Crippen molar-refractivity contribution in [3.05, 3.63) is 34.6 Å². The van der Waals surface area contributed by atoms with Crippen LogP contribution in [0.15, 0.2) is 18.2 Å². The SMILES string of the molecule is CCC1CN(Cc2ccc(F)cc2Cl)C(C(C)(C)C)CN1. The molecule has 0 radical (unpaired) electrons. The standard InChI is InChI=1S/C17H26ClFN2/c1-5-14-11-21(16(9-20-14)17(2,3)4)10-12-6-7-13(19)8-15(12)18/h6-8,14,16,20H,5,9-11H2,1-4H3. The fourth-order valence-corrected chi connectivity index (χ4v) is 3.28. The van der Waals surface area contributed by atoms with E-state index in [9.17, 15) is 4.39 Å². The predicted octanol–water partition coefficient (Wildman–Crippen LogP) is 4.08. The maximum atomic E-state index is 13.2. The van der Waals surface area contributed by atoms with E-state index in [0.717, 1.165) is 31.6 Å². The molecular weight excluding hydrogens is 287 g/mol. The summed E-state index contributed by atoms with van der Waals surface area (Å²) in [6, 6.07) is 5.67. The zero-order chi connectivity index (χ0) is 15.6. The molecule has 0 aliphatic carbocycles. The Morgan fingerprint density at radius 1 is 1.38 bits per heavy atom. The minimum absolute atomic E-state index is 0.193. The maximum absolute atomic E-state index is 13.2. The van der Waals surface area contributed by atoms with Gasteiger partial charge < -0.3 is 5.32 Å². The van der Waals surface area contributed by atoms with Crippen LogP contribution in [-0.2, 0) is 6.54 Å². The van der Waals surface area contributed by atoms with Crippen LogP contribution in [0.25, 0.3) is 0 Å². The Kier molecular flexibility index (Phi) is 5.29. The van der Waals surface area contributed by atoms with Crippen LogP contribution in [0.5, 0.6) is 0 Å². The first-order valence-corrected chi connectivity index (χ1v) is 8.10. The summed E-state index contributed by atoms with van der Waals surface area (Å²) in [5.74, 6) is -0.275. The fraction of sp³-hybridized carbons (Fsp3) is 0.647. The summed E-state index contributed by atoms with van der Waals surface area (Å²) in [5.41, 5.74) is 1.20. The number of nitrogens with zero attached hydrogens (tertiary/aromatic N) is 1. The van der Waals surface area contributed by atoms with Gasteiger partial charge in [-0.05, 0) is 29.5 Å². The molecule has 0 spiro atoms. The molecule has 0 saturated carbocycles. The van der Waals surface area contributed by atoms with Crippen molar-refractivity contribution in [3.63, 3.8) is 0 Å².